The van der Waals surface area contributed by atoms with E-state index in [4.69, 9.17) is 23.2 Å². The monoisotopic (exact) mass is 412 g/mol. The standard InChI is InChI=1S/C23H22Cl2N2O/c24-20-10-8-18(14-21(20)25)19-9-11-23(28)27(15-19)22(16-26-12-4-5-13-26)17-6-2-1-3-7-17/h1-3,6-11,14-15,22H,4-5,12-13,16H2. The molecular weight excluding hydrogens is 391 g/mol. The molecule has 0 aliphatic carbocycles. The lowest BCUT2D eigenvalue weighted by Crippen LogP contribution is -2.34. The van der Waals surface area contributed by atoms with Crippen LogP contribution < -0.4 is 5.56 Å². The Balaban J connectivity index is 1.76. The number of benzene rings is 2. The maximum Gasteiger partial charge on any atom is 0.251 e. The summed E-state index contributed by atoms with van der Waals surface area (Å²) in [5.74, 6) is 0. The molecule has 3 aromatic rings. The van der Waals surface area contributed by atoms with Gasteiger partial charge < -0.3 is 9.47 Å². The smallest absolute Gasteiger partial charge is 0.251 e. The van der Waals surface area contributed by atoms with E-state index >= 15 is 0 Å². The van der Waals surface area contributed by atoms with Crippen molar-refractivity contribution < 1.29 is 0 Å². The molecule has 28 heavy (non-hydrogen) atoms. The summed E-state index contributed by atoms with van der Waals surface area (Å²) >= 11 is 12.3. The Morgan fingerprint density at radius 2 is 1.57 bits per heavy atom. The average Bonchev–Trinajstić information content (AvgIpc) is 3.23. The summed E-state index contributed by atoms with van der Waals surface area (Å²) in [6.07, 6.45) is 4.38. The Labute approximate surface area is 175 Å². The fourth-order valence-electron chi connectivity index (χ4n) is 3.83. The SMILES string of the molecule is O=c1ccc(-c2ccc(Cl)c(Cl)c2)cn1C(CN1CCCC1)c1ccccc1. The largest absolute Gasteiger partial charge is 0.306 e. The first-order valence-electron chi connectivity index (χ1n) is 9.57. The van der Waals surface area contributed by atoms with Crippen molar-refractivity contribution in [2.24, 2.45) is 0 Å². The van der Waals surface area contributed by atoms with E-state index in [0.29, 0.717) is 10.0 Å². The van der Waals surface area contributed by atoms with Gasteiger partial charge in [0, 0.05) is 18.8 Å². The Bertz CT molecular complexity index is 1010. The Kier molecular flexibility index (Phi) is 5.86. The molecular formula is C23H22Cl2N2O. The predicted octanol–water partition coefficient (Wildman–Crippen LogP) is 5.51. The lowest BCUT2D eigenvalue weighted by Gasteiger charge is -2.26. The van der Waals surface area contributed by atoms with E-state index in [1.807, 2.05) is 47.2 Å². The van der Waals surface area contributed by atoms with Crippen LogP contribution >= 0.6 is 23.2 Å². The van der Waals surface area contributed by atoms with Crippen molar-refractivity contribution in [3.8, 4) is 11.1 Å². The first-order valence-corrected chi connectivity index (χ1v) is 10.3. The van der Waals surface area contributed by atoms with Crippen molar-refractivity contribution in [2.45, 2.75) is 18.9 Å². The minimum atomic E-state index is -0.0328. The van der Waals surface area contributed by atoms with Gasteiger partial charge in [-0.1, -0.05) is 59.6 Å². The first kappa shape index (κ1) is 19.3. The van der Waals surface area contributed by atoms with Crippen molar-refractivity contribution in [2.75, 3.05) is 19.6 Å². The highest BCUT2D eigenvalue weighted by atomic mass is 35.5. The molecule has 2 heterocycles. The van der Waals surface area contributed by atoms with Crippen LogP contribution in [-0.2, 0) is 0 Å². The first-order chi connectivity index (χ1) is 13.6. The molecule has 1 unspecified atom stereocenters. The molecule has 1 aliphatic rings. The zero-order valence-electron chi connectivity index (χ0n) is 15.5. The van der Waals surface area contributed by atoms with Gasteiger partial charge >= 0.3 is 0 Å². The van der Waals surface area contributed by atoms with Crippen LogP contribution in [0.4, 0.5) is 0 Å². The van der Waals surface area contributed by atoms with Gasteiger partial charge in [-0.2, -0.15) is 0 Å². The second-order valence-corrected chi connectivity index (χ2v) is 8.04. The zero-order chi connectivity index (χ0) is 19.5. The van der Waals surface area contributed by atoms with Crippen molar-refractivity contribution in [1.82, 2.24) is 9.47 Å². The molecule has 0 amide bonds. The van der Waals surface area contributed by atoms with Gasteiger partial charge in [-0.05, 0) is 60.8 Å². The van der Waals surface area contributed by atoms with E-state index < -0.39 is 0 Å². The zero-order valence-corrected chi connectivity index (χ0v) is 17.0. The van der Waals surface area contributed by atoms with Gasteiger partial charge in [0.2, 0.25) is 0 Å². The van der Waals surface area contributed by atoms with Gasteiger partial charge in [0.1, 0.15) is 0 Å². The van der Waals surface area contributed by atoms with E-state index in [9.17, 15) is 4.79 Å². The number of hydrogen-bond donors (Lipinski definition) is 0. The molecule has 144 valence electrons. The highest BCUT2D eigenvalue weighted by Gasteiger charge is 2.21. The second-order valence-electron chi connectivity index (χ2n) is 7.23. The van der Waals surface area contributed by atoms with Crippen LogP contribution in [0.5, 0.6) is 0 Å². The molecule has 4 rings (SSSR count). The number of nitrogens with zero attached hydrogens (tertiary/aromatic N) is 2. The molecule has 0 N–H and O–H groups in total. The average molecular weight is 413 g/mol. The number of pyridine rings is 1. The number of aromatic nitrogens is 1. The molecule has 2 aromatic carbocycles. The highest BCUT2D eigenvalue weighted by Crippen LogP contribution is 2.29. The molecule has 5 heteroatoms. The molecule has 3 nitrogen and oxygen atoms in total. The van der Waals surface area contributed by atoms with Crippen LogP contribution in [0.15, 0.2) is 71.7 Å². The van der Waals surface area contributed by atoms with E-state index in [0.717, 1.165) is 36.3 Å². The third-order valence-electron chi connectivity index (χ3n) is 5.34. The summed E-state index contributed by atoms with van der Waals surface area (Å²) in [5.41, 5.74) is 3.02. The van der Waals surface area contributed by atoms with E-state index in [-0.39, 0.29) is 11.6 Å². The van der Waals surface area contributed by atoms with Crippen molar-refractivity contribution >= 4 is 23.2 Å². The molecule has 0 spiro atoms. The molecule has 0 saturated carbocycles. The lowest BCUT2D eigenvalue weighted by molar-refractivity contribution is 0.295. The van der Waals surface area contributed by atoms with Gasteiger partial charge in [0.05, 0.1) is 16.1 Å². The maximum atomic E-state index is 12.8. The Morgan fingerprint density at radius 3 is 2.29 bits per heavy atom. The van der Waals surface area contributed by atoms with E-state index in [1.54, 1.807) is 12.1 Å². The van der Waals surface area contributed by atoms with E-state index in [2.05, 4.69) is 17.0 Å². The van der Waals surface area contributed by atoms with Gasteiger partial charge in [0.15, 0.2) is 0 Å². The molecule has 1 aromatic heterocycles. The lowest BCUT2D eigenvalue weighted by atomic mass is 10.0. The minimum absolute atomic E-state index is 0.00291. The summed E-state index contributed by atoms with van der Waals surface area (Å²) in [4.78, 5) is 15.3. The molecule has 1 fully saturated rings. The number of halogens is 2. The summed E-state index contributed by atoms with van der Waals surface area (Å²) in [6, 6.07) is 19.3. The fraction of sp³-hybridized carbons (Fsp3) is 0.261. The molecule has 0 radical (unpaired) electrons. The number of likely N-dealkylation sites (tertiary alicyclic amines) is 1. The summed E-state index contributed by atoms with van der Waals surface area (Å²) < 4.78 is 1.85. The van der Waals surface area contributed by atoms with Crippen LogP contribution in [0.2, 0.25) is 10.0 Å². The number of hydrogen-bond acceptors (Lipinski definition) is 2. The normalized spacial score (nSPS) is 15.6. The van der Waals surface area contributed by atoms with Crippen molar-refractivity contribution in [3.05, 3.63) is 92.8 Å². The van der Waals surface area contributed by atoms with E-state index in [1.165, 1.54) is 12.8 Å². The van der Waals surface area contributed by atoms with Crippen molar-refractivity contribution in [3.63, 3.8) is 0 Å². The van der Waals surface area contributed by atoms with Crippen LogP contribution in [-0.4, -0.2) is 29.1 Å². The van der Waals surface area contributed by atoms with Gasteiger partial charge in [-0.25, -0.2) is 0 Å². The van der Waals surface area contributed by atoms with Crippen LogP contribution in [0.25, 0.3) is 11.1 Å². The van der Waals surface area contributed by atoms with Crippen LogP contribution in [0, 0.1) is 0 Å². The maximum absolute atomic E-state index is 12.8. The molecule has 1 atom stereocenters. The molecule has 1 saturated heterocycles. The third kappa shape index (κ3) is 4.17. The highest BCUT2D eigenvalue weighted by molar-refractivity contribution is 6.42. The molecule has 1 aliphatic heterocycles. The fourth-order valence-corrected chi connectivity index (χ4v) is 4.13. The van der Waals surface area contributed by atoms with Crippen LogP contribution in [0.3, 0.4) is 0 Å². The molecule has 0 bridgehead atoms. The Morgan fingerprint density at radius 1 is 0.857 bits per heavy atom. The second kappa shape index (κ2) is 8.52. The summed E-state index contributed by atoms with van der Waals surface area (Å²) in [5, 5.41) is 1.03. The predicted molar refractivity (Wildman–Crippen MR) is 116 cm³/mol. The van der Waals surface area contributed by atoms with Gasteiger partial charge in [-0.15, -0.1) is 0 Å². The number of rotatable bonds is 5. The summed E-state index contributed by atoms with van der Waals surface area (Å²) in [7, 11) is 0. The summed E-state index contributed by atoms with van der Waals surface area (Å²) in [6.45, 7) is 3.00. The minimum Gasteiger partial charge on any atom is -0.306 e. The topological polar surface area (TPSA) is 25.2 Å². The quantitative estimate of drug-likeness (QED) is 0.551. The third-order valence-corrected chi connectivity index (χ3v) is 6.08. The van der Waals surface area contributed by atoms with Crippen LogP contribution in [0.1, 0.15) is 24.4 Å². The van der Waals surface area contributed by atoms with Crippen molar-refractivity contribution in [1.29, 1.82) is 0 Å². The Hall–Kier alpha value is -2.07. The van der Waals surface area contributed by atoms with Gasteiger partial charge in [0.25, 0.3) is 5.56 Å². The van der Waals surface area contributed by atoms with Gasteiger partial charge in [-0.3, -0.25) is 4.79 Å².